The maximum Gasteiger partial charge on any atom is 0.306 e. The zero-order valence-electron chi connectivity index (χ0n) is 10.3. The van der Waals surface area contributed by atoms with E-state index >= 15 is 0 Å². The molecule has 0 spiro atoms. The maximum absolute atomic E-state index is 12.0. The second kappa shape index (κ2) is 5.58. The van der Waals surface area contributed by atoms with Crippen LogP contribution in [-0.2, 0) is 14.8 Å². The Bertz CT molecular complexity index is 548. The molecular weight excluding hydrogens is 270 g/mol. The van der Waals surface area contributed by atoms with Crippen LogP contribution >= 0.6 is 0 Å². The molecule has 0 amide bonds. The highest BCUT2D eigenvalue weighted by atomic mass is 32.2. The van der Waals surface area contributed by atoms with Crippen LogP contribution in [0.2, 0.25) is 0 Å². The second-order valence-corrected chi connectivity index (χ2v) is 6.16. The number of ether oxygens (including phenoxy) is 1. The quantitative estimate of drug-likeness (QED) is 0.840. The van der Waals surface area contributed by atoms with E-state index in [9.17, 15) is 13.2 Å². The molecule has 1 aromatic rings. The Morgan fingerprint density at radius 1 is 1.26 bits per heavy atom. The zero-order chi connectivity index (χ0) is 13.9. The number of carbonyl (C=O) groups is 1. The van der Waals surface area contributed by atoms with Crippen molar-refractivity contribution in [1.82, 2.24) is 4.31 Å². The number of nitrogens with zero attached hydrogens (tertiary/aromatic N) is 1. The number of carboxylic acids is 1. The van der Waals surface area contributed by atoms with Crippen LogP contribution in [0.15, 0.2) is 29.2 Å². The molecule has 0 unspecified atom stereocenters. The fraction of sp³-hybridized carbons (Fsp3) is 0.417. The van der Waals surface area contributed by atoms with Gasteiger partial charge in [-0.05, 0) is 30.7 Å². The fourth-order valence-corrected chi connectivity index (χ4v) is 3.16. The molecule has 1 fully saturated rings. The summed E-state index contributed by atoms with van der Waals surface area (Å²) < 4.78 is 30.7. The Balaban J connectivity index is 2.00. The van der Waals surface area contributed by atoms with Crippen LogP contribution in [-0.4, -0.2) is 43.5 Å². The van der Waals surface area contributed by atoms with Crippen LogP contribution in [0, 0.1) is 0 Å². The van der Waals surface area contributed by atoms with Gasteiger partial charge in [0.15, 0.2) is 0 Å². The molecule has 2 rings (SSSR count). The van der Waals surface area contributed by atoms with Crippen molar-refractivity contribution >= 4 is 16.0 Å². The summed E-state index contributed by atoms with van der Waals surface area (Å²) in [5, 5.41) is 8.47. The molecule has 1 aromatic carbocycles. The lowest BCUT2D eigenvalue weighted by Crippen LogP contribution is -2.41. The van der Waals surface area contributed by atoms with Crippen molar-refractivity contribution in [3.63, 3.8) is 0 Å². The lowest BCUT2D eigenvalue weighted by Gasteiger charge is -2.29. The third-order valence-electron chi connectivity index (χ3n) is 2.86. The number of rotatable bonds is 6. The van der Waals surface area contributed by atoms with Gasteiger partial charge in [-0.1, -0.05) is 0 Å². The summed E-state index contributed by atoms with van der Waals surface area (Å²) in [5.74, 6) is -0.471. The van der Waals surface area contributed by atoms with E-state index in [1.807, 2.05) is 0 Å². The molecule has 0 radical (unpaired) electrons. The first-order valence-electron chi connectivity index (χ1n) is 5.95. The van der Waals surface area contributed by atoms with E-state index in [1.54, 1.807) is 0 Å². The molecule has 0 bridgehead atoms. The highest BCUT2D eigenvalue weighted by Gasteiger charge is 2.29. The molecule has 0 atom stereocenters. The van der Waals surface area contributed by atoms with Crippen LogP contribution < -0.4 is 4.74 Å². The van der Waals surface area contributed by atoms with Gasteiger partial charge in [-0.25, -0.2) is 8.42 Å². The smallest absolute Gasteiger partial charge is 0.306 e. The number of aliphatic carboxylic acids is 1. The first-order chi connectivity index (χ1) is 9.00. The number of hydrogen-bond acceptors (Lipinski definition) is 4. The standard InChI is InChI=1S/C12H15NO5S/c14-12(15)6-9-18-10-2-4-11(5-3-10)19(16,17)13-7-1-8-13/h2-5H,1,6-9H2,(H,14,15). The van der Waals surface area contributed by atoms with Crippen LogP contribution in [0.5, 0.6) is 5.75 Å². The minimum absolute atomic E-state index is 0.0631. The molecule has 1 saturated heterocycles. The molecule has 0 saturated carbocycles. The third kappa shape index (κ3) is 3.24. The normalized spacial score (nSPS) is 15.8. The van der Waals surface area contributed by atoms with E-state index in [2.05, 4.69) is 0 Å². The van der Waals surface area contributed by atoms with Crippen molar-refractivity contribution in [2.75, 3.05) is 19.7 Å². The van der Waals surface area contributed by atoms with Gasteiger partial charge in [0.1, 0.15) is 5.75 Å². The molecule has 1 aliphatic heterocycles. The van der Waals surface area contributed by atoms with Gasteiger partial charge < -0.3 is 9.84 Å². The van der Waals surface area contributed by atoms with Gasteiger partial charge in [0, 0.05) is 13.1 Å². The van der Waals surface area contributed by atoms with Crippen molar-refractivity contribution in [1.29, 1.82) is 0 Å². The SMILES string of the molecule is O=C(O)CCOc1ccc(S(=O)(=O)N2CCC2)cc1. The van der Waals surface area contributed by atoms with Gasteiger partial charge in [-0.2, -0.15) is 4.31 Å². The number of benzene rings is 1. The van der Waals surface area contributed by atoms with Crippen molar-refractivity contribution < 1.29 is 23.1 Å². The highest BCUT2D eigenvalue weighted by Crippen LogP contribution is 2.23. The van der Waals surface area contributed by atoms with E-state index in [0.29, 0.717) is 18.8 Å². The molecule has 0 aliphatic carbocycles. The summed E-state index contributed by atoms with van der Waals surface area (Å²) >= 11 is 0. The molecule has 6 nitrogen and oxygen atoms in total. The minimum atomic E-state index is -3.37. The topological polar surface area (TPSA) is 83.9 Å². The Morgan fingerprint density at radius 3 is 2.37 bits per heavy atom. The lowest BCUT2D eigenvalue weighted by molar-refractivity contribution is -0.137. The zero-order valence-corrected chi connectivity index (χ0v) is 11.1. The van der Waals surface area contributed by atoms with Crippen molar-refractivity contribution in [3.05, 3.63) is 24.3 Å². The monoisotopic (exact) mass is 285 g/mol. The van der Waals surface area contributed by atoms with Crippen molar-refractivity contribution in [2.45, 2.75) is 17.7 Å². The largest absolute Gasteiger partial charge is 0.493 e. The van der Waals surface area contributed by atoms with E-state index < -0.39 is 16.0 Å². The Morgan fingerprint density at radius 2 is 1.89 bits per heavy atom. The van der Waals surface area contributed by atoms with E-state index in [4.69, 9.17) is 9.84 Å². The summed E-state index contributed by atoms with van der Waals surface area (Å²) in [6.45, 7) is 1.20. The molecule has 0 aromatic heterocycles. The van der Waals surface area contributed by atoms with Gasteiger partial charge in [0.05, 0.1) is 17.9 Å². The van der Waals surface area contributed by atoms with Gasteiger partial charge >= 0.3 is 5.97 Å². The Hall–Kier alpha value is -1.60. The average Bonchev–Trinajstić information content (AvgIpc) is 2.26. The second-order valence-electron chi connectivity index (χ2n) is 4.22. The predicted molar refractivity (Wildman–Crippen MR) is 67.6 cm³/mol. The number of carboxylic acid groups (broad SMARTS) is 1. The maximum atomic E-state index is 12.0. The number of sulfonamides is 1. The van der Waals surface area contributed by atoms with Crippen LogP contribution in [0.3, 0.4) is 0 Å². The number of hydrogen-bond donors (Lipinski definition) is 1. The van der Waals surface area contributed by atoms with E-state index in [1.165, 1.54) is 28.6 Å². The first kappa shape index (κ1) is 13.8. The summed E-state index contributed by atoms with van der Waals surface area (Å²) in [5.41, 5.74) is 0. The van der Waals surface area contributed by atoms with E-state index in [0.717, 1.165) is 6.42 Å². The molecular formula is C12H15NO5S. The molecule has 19 heavy (non-hydrogen) atoms. The minimum Gasteiger partial charge on any atom is -0.493 e. The molecule has 104 valence electrons. The van der Waals surface area contributed by atoms with Gasteiger partial charge in [0.2, 0.25) is 10.0 Å². The summed E-state index contributed by atoms with van der Waals surface area (Å²) in [4.78, 5) is 10.6. The Kier molecular flexibility index (Phi) is 4.06. The highest BCUT2D eigenvalue weighted by molar-refractivity contribution is 7.89. The molecule has 1 aliphatic rings. The first-order valence-corrected chi connectivity index (χ1v) is 7.39. The fourth-order valence-electron chi connectivity index (χ4n) is 1.64. The van der Waals surface area contributed by atoms with Crippen LogP contribution in [0.4, 0.5) is 0 Å². The van der Waals surface area contributed by atoms with Gasteiger partial charge in [-0.3, -0.25) is 4.79 Å². The van der Waals surface area contributed by atoms with Crippen LogP contribution in [0.1, 0.15) is 12.8 Å². The Labute approximate surface area is 111 Å². The summed E-state index contributed by atoms with van der Waals surface area (Å²) in [7, 11) is -3.37. The average molecular weight is 285 g/mol. The lowest BCUT2D eigenvalue weighted by atomic mass is 10.3. The summed E-state index contributed by atoms with van der Waals surface area (Å²) in [6.07, 6.45) is 0.809. The molecule has 1 heterocycles. The molecule has 7 heteroatoms. The predicted octanol–water partition coefficient (Wildman–Crippen LogP) is 0.934. The van der Waals surface area contributed by atoms with E-state index in [-0.39, 0.29) is 17.9 Å². The van der Waals surface area contributed by atoms with Crippen molar-refractivity contribution in [2.24, 2.45) is 0 Å². The summed E-state index contributed by atoms with van der Waals surface area (Å²) in [6, 6.07) is 6.02. The third-order valence-corrected chi connectivity index (χ3v) is 4.77. The van der Waals surface area contributed by atoms with Crippen molar-refractivity contribution in [3.8, 4) is 5.75 Å². The molecule has 1 N–H and O–H groups in total. The van der Waals surface area contributed by atoms with Crippen LogP contribution in [0.25, 0.3) is 0 Å². The van der Waals surface area contributed by atoms with Gasteiger partial charge in [-0.15, -0.1) is 0 Å². The van der Waals surface area contributed by atoms with Gasteiger partial charge in [0.25, 0.3) is 0 Å².